The monoisotopic (exact) mass is 374 g/mol. The zero-order valence-electron chi connectivity index (χ0n) is 16.1. The molecule has 7 heteroatoms. The molecular weight excluding hydrogens is 340 g/mol. The van der Waals surface area contributed by atoms with E-state index in [1.807, 2.05) is 0 Å². The summed E-state index contributed by atoms with van der Waals surface area (Å²) in [4.78, 5) is 23.3. The molecule has 0 aromatic rings. The molecule has 0 aliphatic heterocycles. The van der Waals surface area contributed by atoms with Gasteiger partial charge < -0.3 is 24.4 Å². The van der Waals surface area contributed by atoms with E-state index in [-0.39, 0.29) is 45.2 Å². The lowest BCUT2D eigenvalue weighted by Gasteiger charge is -2.28. The molecule has 0 spiro atoms. The first-order valence-electron chi connectivity index (χ1n) is 9.20. The molecule has 0 saturated heterocycles. The van der Waals surface area contributed by atoms with Crippen LogP contribution in [0.2, 0.25) is 0 Å². The van der Waals surface area contributed by atoms with Crippen LogP contribution in [0.1, 0.15) is 51.9 Å². The SMILES string of the molecule is CC/C=C\CCCCOC(=O)CCCC(=O)OCC(CO)(CO)COC. The van der Waals surface area contributed by atoms with Crippen LogP contribution < -0.4 is 0 Å². The Morgan fingerprint density at radius 1 is 0.923 bits per heavy atom. The molecule has 0 unspecified atom stereocenters. The molecule has 26 heavy (non-hydrogen) atoms. The molecule has 0 fully saturated rings. The van der Waals surface area contributed by atoms with Crippen molar-refractivity contribution in [3.63, 3.8) is 0 Å². The van der Waals surface area contributed by atoms with Gasteiger partial charge in [-0.3, -0.25) is 9.59 Å². The summed E-state index contributed by atoms with van der Waals surface area (Å²) < 4.78 is 15.1. The van der Waals surface area contributed by atoms with Crippen molar-refractivity contribution in [2.24, 2.45) is 5.41 Å². The molecule has 0 bridgehead atoms. The minimum Gasteiger partial charge on any atom is -0.466 e. The number of allylic oxidation sites excluding steroid dienone is 2. The molecule has 7 nitrogen and oxygen atoms in total. The average molecular weight is 374 g/mol. The maximum absolute atomic E-state index is 11.7. The number of hydrogen-bond acceptors (Lipinski definition) is 7. The van der Waals surface area contributed by atoms with Gasteiger partial charge in [0.05, 0.1) is 31.8 Å². The lowest BCUT2D eigenvalue weighted by atomic mass is 9.92. The lowest BCUT2D eigenvalue weighted by Crippen LogP contribution is -2.40. The predicted octanol–water partition coefficient (Wildman–Crippen LogP) is 2.00. The summed E-state index contributed by atoms with van der Waals surface area (Å²) in [7, 11) is 1.44. The summed E-state index contributed by atoms with van der Waals surface area (Å²) in [6.45, 7) is 1.72. The summed E-state index contributed by atoms with van der Waals surface area (Å²) in [5, 5.41) is 18.7. The molecule has 0 aliphatic carbocycles. The van der Waals surface area contributed by atoms with E-state index in [4.69, 9.17) is 14.2 Å². The fourth-order valence-corrected chi connectivity index (χ4v) is 2.17. The second kappa shape index (κ2) is 15.8. The number of carbonyl (C=O) groups is 2. The molecular formula is C19H34O7. The van der Waals surface area contributed by atoms with Crippen LogP contribution in [-0.2, 0) is 23.8 Å². The van der Waals surface area contributed by atoms with E-state index in [2.05, 4.69) is 19.1 Å². The van der Waals surface area contributed by atoms with E-state index in [1.54, 1.807) is 0 Å². The summed E-state index contributed by atoms with van der Waals surface area (Å²) in [5.41, 5.74) is -1.00. The van der Waals surface area contributed by atoms with Gasteiger partial charge in [-0.25, -0.2) is 0 Å². The molecule has 0 heterocycles. The summed E-state index contributed by atoms with van der Waals surface area (Å²) >= 11 is 0. The van der Waals surface area contributed by atoms with Gasteiger partial charge in [0.15, 0.2) is 0 Å². The van der Waals surface area contributed by atoms with E-state index < -0.39 is 11.4 Å². The van der Waals surface area contributed by atoms with Gasteiger partial charge in [0.2, 0.25) is 0 Å². The van der Waals surface area contributed by atoms with Gasteiger partial charge in [0.25, 0.3) is 0 Å². The highest BCUT2D eigenvalue weighted by Gasteiger charge is 2.31. The van der Waals surface area contributed by atoms with Gasteiger partial charge >= 0.3 is 11.9 Å². The predicted molar refractivity (Wildman–Crippen MR) is 97.5 cm³/mol. The topological polar surface area (TPSA) is 102 Å². The Hall–Kier alpha value is -1.44. The van der Waals surface area contributed by atoms with Crippen molar-refractivity contribution in [2.75, 3.05) is 40.1 Å². The molecule has 0 amide bonds. The Balaban J connectivity index is 3.80. The third kappa shape index (κ3) is 12.0. The highest BCUT2D eigenvalue weighted by molar-refractivity contribution is 5.72. The first kappa shape index (κ1) is 24.6. The van der Waals surface area contributed by atoms with E-state index >= 15 is 0 Å². The quantitative estimate of drug-likeness (QED) is 0.242. The fourth-order valence-electron chi connectivity index (χ4n) is 2.17. The van der Waals surface area contributed by atoms with Crippen LogP contribution in [-0.4, -0.2) is 62.3 Å². The van der Waals surface area contributed by atoms with Crippen molar-refractivity contribution in [1.29, 1.82) is 0 Å². The molecule has 152 valence electrons. The Labute approximate surface area is 156 Å². The molecule has 0 aromatic heterocycles. The molecule has 0 aliphatic rings. The van der Waals surface area contributed by atoms with Gasteiger partial charge in [0.1, 0.15) is 6.61 Å². The number of aliphatic hydroxyl groups excluding tert-OH is 2. The average Bonchev–Trinajstić information content (AvgIpc) is 2.64. The van der Waals surface area contributed by atoms with Gasteiger partial charge in [-0.15, -0.1) is 0 Å². The van der Waals surface area contributed by atoms with Crippen LogP contribution in [0.3, 0.4) is 0 Å². The van der Waals surface area contributed by atoms with Crippen LogP contribution in [0.5, 0.6) is 0 Å². The van der Waals surface area contributed by atoms with Crippen molar-refractivity contribution in [1.82, 2.24) is 0 Å². The van der Waals surface area contributed by atoms with Gasteiger partial charge in [-0.2, -0.15) is 0 Å². The maximum Gasteiger partial charge on any atom is 0.305 e. The summed E-state index contributed by atoms with van der Waals surface area (Å²) in [6.07, 6.45) is 8.65. The Morgan fingerprint density at radius 3 is 2.15 bits per heavy atom. The van der Waals surface area contributed by atoms with Crippen LogP contribution in [0.4, 0.5) is 0 Å². The minimum absolute atomic E-state index is 0.0772. The number of methoxy groups -OCH3 is 1. The van der Waals surface area contributed by atoms with Crippen molar-refractivity contribution >= 4 is 11.9 Å². The minimum atomic E-state index is -1.00. The molecule has 0 radical (unpaired) electrons. The van der Waals surface area contributed by atoms with E-state index in [9.17, 15) is 19.8 Å². The van der Waals surface area contributed by atoms with Crippen LogP contribution in [0, 0.1) is 5.41 Å². The van der Waals surface area contributed by atoms with E-state index in [0.29, 0.717) is 13.0 Å². The van der Waals surface area contributed by atoms with E-state index in [1.165, 1.54) is 7.11 Å². The first-order chi connectivity index (χ1) is 12.5. The highest BCUT2D eigenvalue weighted by atomic mass is 16.5. The number of carbonyl (C=O) groups excluding carboxylic acids is 2. The summed E-state index contributed by atoms with van der Waals surface area (Å²) in [6, 6.07) is 0. The lowest BCUT2D eigenvalue weighted by molar-refractivity contribution is -0.152. The van der Waals surface area contributed by atoms with Crippen molar-refractivity contribution in [3.8, 4) is 0 Å². The second-order valence-electron chi connectivity index (χ2n) is 6.36. The van der Waals surface area contributed by atoms with Crippen molar-refractivity contribution in [3.05, 3.63) is 12.2 Å². The number of unbranched alkanes of at least 4 members (excludes halogenated alkanes) is 2. The third-order valence-corrected chi connectivity index (χ3v) is 3.85. The number of aliphatic hydroxyl groups is 2. The van der Waals surface area contributed by atoms with Gasteiger partial charge in [-0.05, 0) is 32.1 Å². The highest BCUT2D eigenvalue weighted by Crippen LogP contribution is 2.17. The number of hydrogen-bond donors (Lipinski definition) is 2. The molecule has 0 aromatic carbocycles. The third-order valence-electron chi connectivity index (χ3n) is 3.85. The number of rotatable bonds is 16. The zero-order chi connectivity index (χ0) is 19.7. The Kier molecular flexibility index (Phi) is 14.9. The van der Waals surface area contributed by atoms with Gasteiger partial charge in [-0.1, -0.05) is 19.1 Å². The van der Waals surface area contributed by atoms with Crippen LogP contribution >= 0.6 is 0 Å². The van der Waals surface area contributed by atoms with E-state index in [0.717, 1.165) is 25.7 Å². The standard InChI is InChI=1S/C19H34O7/c1-3-4-5-6-7-8-12-25-17(22)10-9-11-18(23)26-16-19(13-20,14-21)15-24-2/h4-5,20-21H,3,6-16H2,1-2H3/b5-4-. The van der Waals surface area contributed by atoms with Crippen molar-refractivity contribution < 1.29 is 34.0 Å². The number of ether oxygens (including phenoxy) is 3. The fraction of sp³-hybridized carbons (Fsp3) is 0.789. The smallest absolute Gasteiger partial charge is 0.305 e. The zero-order valence-corrected chi connectivity index (χ0v) is 16.1. The Bertz CT molecular complexity index is 403. The van der Waals surface area contributed by atoms with Crippen molar-refractivity contribution in [2.45, 2.75) is 51.9 Å². The molecule has 2 N–H and O–H groups in total. The second-order valence-corrected chi connectivity index (χ2v) is 6.36. The molecule has 0 saturated carbocycles. The molecule has 0 rings (SSSR count). The van der Waals surface area contributed by atoms with Gasteiger partial charge in [0, 0.05) is 20.0 Å². The number of esters is 2. The first-order valence-corrected chi connectivity index (χ1v) is 9.20. The normalized spacial score (nSPS) is 11.7. The van der Waals surface area contributed by atoms with Crippen LogP contribution in [0.15, 0.2) is 12.2 Å². The largest absolute Gasteiger partial charge is 0.466 e. The Morgan fingerprint density at radius 2 is 1.58 bits per heavy atom. The maximum atomic E-state index is 11.7. The summed E-state index contributed by atoms with van der Waals surface area (Å²) in [5.74, 6) is -0.802. The van der Waals surface area contributed by atoms with Crippen LogP contribution in [0.25, 0.3) is 0 Å². The molecule has 0 atom stereocenters.